The monoisotopic (exact) mass is 263 g/mol. The Morgan fingerprint density at radius 2 is 1.83 bits per heavy atom. The van der Waals surface area contributed by atoms with Crippen molar-refractivity contribution in [2.75, 3.05) is 6.54 Å². The molecule has 98 valence electrons. The summed E-state index contributed by atoms with van der Waals surface area (Å²) >= 11 is 5.25. The van der Waals surface area contributed by atoms with Crippen molar-refractivity contribution in [2.24, 2.45) is 0 Å². The summed E-state index contributed by atoms with van der Waals surface area (Å²) in [5.41, 5.74) is 9.02. The van der Waals surface area contributed by atoms with Gasteiger partial charge in [0.2, 0.25) is 0 Å². The molecule has 1 aliphatic rings. The molecule has 1 aliphatic heterocycles. The van der Waals surface area contributed by atoms with Gasteiger partial charge < -0.3 is 4.90 Å². The Bertz CT molecular complexity index is 433. The van der Waals surface area contributed by atoms with Crippen LogP contribution in [0.1, 0.15) is 45.0 Å². The number of benzene rings is 1. The average Bonchev–Trinajstić information content (AvgIpc) is 2.69. The summed E-state index contributed by atoms with van der Waals surface area (Å²) in [6, 6.07) is 8.76. The quantitative estimate of drug-likeness (QED) is 0.802. The number of hydrogen-bond acceptors (Lipinski definition) is 2. The highest BCUT2D eigenvalue weighted by molar-refractivity contribution is 7.80. The highest BCUT2D eigenvalue weighted by atomic mass is 32.1. The van der Waals surface area contributed by atoms with E-state index in [1.807, 2.05) is 0 Å². The zero-order valence-corrected chi connectivity index (χ0v) is 12.3. The van der Waals surface area contributed by atoms with E-state index in [-0.39, 0.29) is 11.6 Å². The summed E-state index contributed by atoms with van der Waals surface area (Å²) in [5, 5.41) is 0.766. The summed E-state index contributed by atoms with van der Waals surface area (Å²) in [6.07, 6.45) is 0.136. The van der Waals surface area contributed by atoms with Crippen LogP contribution in [0.4, 0.5) is 0 Å². The number of hydrogen-bond donors (Lipinski definition) is 2. The zero-order chi connectivity index (χ0) is 13.3. The van der Waals surface area contributed by atoms with Gasteiger partial charge in [0.1, 0.15) is 6.17 Å². The Balaban J connectivity index is 2.22. The lowest BCUT2D eigenvalue weighted by Gasteiger charge is -2.24. The summed E-state index contributed by atoms with van der Waals surface area (Å²) < 4.78 is 0. The fourth-order valence-electron chi connectivity index (χ4n) is 2.15. The highest BCUT2D eigenvalue weighted by Gasteiger charge is 2.27. The first-order valence-corrected chi connectivity index (χ1v) is 6.77. The molecular weight excluding hydrogens is 242 g/mol. The van der Waals surface area contributed by atoms with E-state index in [9.17, 15) is 0 Å². The number of rotatable bonds is 2. The van der Waals surface area contributed by atoms with Crippen molar-refractivity contribution in [1.82, 2.24) is 15.8 Å². The van der Waals surface area contributed by atoms with E-state index in [1.165, 1.54) is 11.1 Å². The molecule has 1 aromatic carbocycles. The third kappa shape index (κ3) is 2.49. The molecule has 18 heavy (non-hydrogen) atoms. The van der Waals surface area contributed by atoms with Crippen molar-refractivity contribution in [3.8, 4) is 0 Å². The summed E-state index contributed by atoms with van der Waals surface area (Å²) in [5.74, 6) is 0. The Labute approximate surface area is 115 Å². The van der Waals surface area contributed by atoms with E-state index < -0.39 is 0 Å². The van der Waals surface area contributed by atoms with Crippen molar-refractivity contribution in [3.63, 3.8) is 0 Å². The van der Waals surface area contributed by atoms with Crippen molar-refractivity contribution >= 4 is 17.3 Å². The second kappa shape index (κ2) is 4.86. The molecule has 0 bridgehead atoms. The van der Waals surface area contributed by atoms with Crippen LogP contribution in [0, 0.1) is 0 Å². The maximum Gasteiger partial charge on any atom is 0.185 e. The molecule has 1 saturated heterocycles. The molecule has 1 heterocycles. The SMILES string of the molecule is CCN1C(=S)NNC1c1ccc(C(C)(C)C)cc1. The second-order valence-electron chi connectivity index (χ2n) is 5.64. The summed E-state index contributed by atoms with van der Waals surface area (Å²) in [6.45, 7) is 9.68. The molecule has 1 atom stereocenters. The molecule has 0 aromatic heterocycles. The first-order valence-electron chi connectivity index (χ1n) is 6.36. The molecule has 0 aliphatic carbocycles. The highest BCUT2D eigenvalue weighted by Crippen LogP contribution is 2.26. The molecule has 1 unspecified atom stereocenters. The van der Waals surface area contributed by atoms with E-state index in [2.05, 4.69) is 67.7 Å². The Kier molecular flexibility index (Phi) is 3.59. The van der Waals surface area contributed by atoms with Gasteiger partial charge in [-0.2, -0.15) is 0 Å². The van der Waals surface area contributed by atoms with Gasteiger partial charge in [-0.15, -0.1) is 0 Å². The normalized spacial score (nSPS) is 20.1. The van der Waals surface area contributed by atoms with Crippen molar-refractivity contribution in [3.05, 3.63) is 35.4 Å². The summed E-state index contributed by atoms with van der Waals surface area (Å²) in [4.78, 5) is 2.14. The van der Waals surface area contributed by atoms with Crippen molar-refractivity contribution in [2.45, 2.75) is 39.3 Å². The topological polar surface area (TPSA) is 27.3 Å². The zero-order valence-electron chi connectivity index (χ0n) is 11.4. The van der Waals surface area contributed by atoms with Crippen LogP contribution in [0.3, 0.4) is 0 Å². The van der Waals surface area contributed by atoms with Crippen LogP contribution in [0.25, 0.3) is 0 Å². The molecule has 2 N–H and O–H groups in total. The molecule has 2 rings (SSSR count). The maximum atomic E-state index is 5.25. The molecule has 3 nitrogen and oxygen atoms in total. The minimum atomic E-state index is 0.136. The average molecular weight is 263 g/mol. The Morgan fingerprint density at radius 1 is 1.22 bits per heavy atom. The first kappa shape index (κ1) is 13.3. The molecule has 4 heteroatoms. The van der Waals surface area contributed by atoms with Crippen LogP contribution in [0.2, 0.25) is 0 Å². The van der Waals surface area contributed by atoms with E-state index in [4.69, 9.17) is 12.2 Å². The van der Waals surface area contributed by atoms with Gasteiger partial charge in [-0.25, -0.2) is 5.43 Å². The van der Waals surface area contributed by atoms with Crippen LogP contribution >= 0.6 is 12.2 Å². The summed E-state index contributed by atoms with van der Waals surface area (Å²) in [7, 11) is 0. The van der Waals surface area contributed by atoms with E-state index >= 15 is 0 Å². The van der Waals surface area contributed by atoms with Gasteiger partial charge in [-0.05, 0) is 35.7 Å². The molecule has 1 fully saturated rings. The van der Waals surface area contributed by atoms with Gasteiger partial charge in [0, 0.05) is 6.54 Å². The van der Waals surface area contributed by atoms with Gasteiger partial charge in [0.15, 0.2) is 5.11 Å². The van der Waals surface area contributed by atoms with Crippen LogP contribution in [-0.4, -0.2) is 16.6 Å². The number of thiocarbonyl (C=S) groups is 1. The van der Waals surface area contributed by atoms with Crippen LogP contribution in [0.5, 0.6) is 0 Å². The number of hydrazine groups is 1. The van der Waals surface area contributed by atoms with Crippen LogP contribution in [0.15, 0.2) is 24.3 Å². The minimum Gasteiger partial charge on any atom is -0.327 e. The van der Waals surface area contributed by atoms with Gasteiger partial charge in [-0.1, -0.05) is 45.0 Å². The maximum absolute atomic E-state index is 5.25. The van der Waals surface area contributed by atoms with E-state index in [1.54, 1.807) is 0 Å². The van der Waals surface area contributed by atoms with Gasteiger partial charge in [-0.3, -0.25) is 5.43 Å². The van der Waals surface area contributed by atoms with Gasteiger partial charge >= 0.3 is 0 Å². The molecule has 1 aromatic rings. The molecule has 0 radical (unpaired) electrons. The van der Waals surface area contributed by atoms with Crippen molar-refractivity contribution in [1.29, 1.82) is 0 Å². The van der Waals surface area contributed by atoms with Crippen LogP contribution < -0.4 is 10.9 Å². The largest absolute Gasteiger partial charge is 0.327 e. The lowest BCUT2D eigenvalue weighted by atomic mass is 9.86. The van der Waals surface area contributed by atoms with Crippen molar-refractivity contribution < 1.29 is 0 Å². The van der Waals surface area contributed by atoms with Gasteiger partial charge in [0.05, 0.1) is 0 Å². The third-order valence-electron chi connectivity index (χ3n) is 3.32. The fraction of sp³-hybridized carbons (Fsp3) is 0.500. The Hall–Kier alpha value is -1.13. The predicted octanol–water partition coefficient (Wildman–Crippen LogP) is 2.70. The number of nitrogens with zero attached hydrogens (tertiary/aromatic N) is 1. The lowest BCUT2D eigenvalue weighted by Crippen LogP contribution is -2.29. The molecular formula is C14H21N3S. The Morgan fingerprint density at radius 3 is 2.33 bits per heavy atom. The molecule has 0 saturated carbocycles. The van der Waals surface area contributed by atoms with Gasteiger partial charge in [0.25, 0.3) is 0 Å². The third-order valence-corrected chi connectivity index (χ3v) is 3.66. The number of nitrogens with one attached hydrogen (secondary N) is 2. The van der Waals surface area contributed by atoms with E-state index in [0.29, 0.717) is 0 Å². The molecule has 0 amide bonds. The smallest absolute Gasteiger partial charge is 0.185 e. The standard InChI is InChI=1S/C14H21N3S/c1-5-17-12(15-16-13(17)18)10-6-8-11(9-7-10)14(2,3)4/h6-9,12,15H,5H2,1-4H3,(H,16,18). The predicted molar refractivity (Wildman–Crippen MR) is 79.1 cm³/mol. The lowest BCUT2D eigenvalue weighted by molar-refractivity contribution is 0.329. The van der Waals surface area contributed by atoms with E-state index in [0.717, 1.165) is 11.7 Å². The first-order chi connectivity index (χ1) is 8.43. The minimum absolute atomic E-state index is 0.136. The molecule has 0 spiro atoms. The fourth-order valence-corrected chi connectivity index (χ4v) is 2.45. The van der Waals surface area contributed by atoms with Crippen LogP contribution in [-0.2, 0) is 5.41 Å². The second-order valence-corrected chi connectivity index (χ2v) is 6.02.